The van der Waals surface area contributed by atoms with E-state index in [0.29, 0.717) is 5.41 Å². The summed E-state index contributed by atoms with van der Waals surface area (Å²) in [5.41, 5.74) is 12.5. The monoisotopic (exact) mass is 554 g/mol. The Hall–Kier alpha value is -0.950. The third kappa shape index (κ3) is 5.04. The molecule has 0 radical (unpaired) electrons. The zero-order valence-electron chi connectivity index (χ0n) is 19.8. The molecular formula is C28H38Hf-2. The Morgan fingerprint density at radius 3 is 1.97 bits per heavy atom. The number of rotatable bonds is 3. The third-order valence-corrected chi connectivity index (χ3v) is 7.13. The van der Waals surface area contributed by atoms with Crippen LogP contribution in [0.25, 0.3) is 10.8 Å². The standard InChI is InChI=1S/C18H23.C10H15.Hf/c1-4-5-6-13-7-8-14-9-15-11-18(2,3)12-16(15)10-17(13)14;1-6-7(2)9(4)10(5)8(6)3;/h7-10H,4-6,11-12H2,1-3H3;1-5H3;/q2*-1;. The second kappa shape index (κ2) is 9.46. The predicted octanol–water partition coefficient (Wildman–Crippen LogP) is 7.97. The van der Waals surface area contributed by atoms with E-state index in [1.165, 1.54) is 70.7 Å². The van der Waals surface area contributed by atoms with Gasteiger partial charge in [-0.25, -0.2) is 0 Å². The quantitative estimate of drug-likeness (QED) is 0.228. The third-order valence-electron chi connectivity index (χ3n) is 7.13. The number of fused-ring (bicyclic) bond motifs is 2. The molecule has 0 unspecified atom stereocenters. The van der Waals surface area contributed by atoms with Crippen LogP contribution < -0.4 is 0 Å². The van der Waals surface area contributed by atoms with Crippen molar-refractivity contribution < 1.29 is 25.8 Å². The van der Waals surface area contributed by atoms with Crippen LogP contribution in [0.1, 0.15) is 78.1 Å². The Bertz CT molecular complexity index is 898. The van der Waals surface area contributed by atoms with E-state index < -0.39 is 0 Å². The van der Waals surface area contributed by atoms with Gasteiger partial charge in [-0.15, -0.1) is 34.5 Å². The minimum atomic E-state index is 0. The molecule has 1 aliphatic rings. The molecule has 0 fully saturated rings. The van der Waals surface area contributed by atoms with Crippen molar-refractivity contribution in [2.45, 2.75) is 87.5 Å². The molecule has 4 rings (SSSR count). The van der Waals surface area contributed by atoms with Crippen LogP contribution in [0.3, 0.4) is 0 Å². The molecule has 0 amide bonds. The second-order valence-corrected chi connectivity index (χ2v) is 9.81. The van der Waals surface area contributed by atoms with Gasteiger partial charge in [-0.05, 0) is 18.3 Å². The predicted molar refractivity (Wildman–Crippen MR) is 125 cm³/mol. The van der Waals surface area contributed by atoms with Gasteiger partial charge >= 0.3 is 0 Å². The van der Waals surface area contributed by atoms with Gasteiger partial charge in [-0.3, -0.25) is 0 Å². The molecule has 0 saturated heterocycles. The van der Waals surface area contributed by atoms with Crippen molar-refractivity contribution in [2.24, 2.45) is 5.41 Å². The molecule has 1 aliphatic carbocycles. The van der Waals surface area contributed by atoms with Crippen molar-refractivity contribution in [3.8, 4) is 0 Å². The molecule has 0 atom stereocenters. The van der Waals surface area contributed by atoms with Crippen molar-refractivity contribution >= 4 is 10.8 Å². The minimum absolute atomic E-state index is 0. The summed E-state index contributed by atoms with van der Waals surface area (Å²) < 4.78 is 0. The number of benzene rings is 1. The van der Waals surface area contributed by atoms with Crippen LogP contribution in [0.4, 0.5) is 0 Å². The topological polar surface area (TPSA) is 0 Å². The van der Waals surface area contributed by atoms with Gasteiger partial charge in [0.1, 0.15) is 0 Å². The first-order chi connectivity index (χ1) is 13.1. The molecule has 0 N–H and O–H groups in total. The van der Waals surface area contributed by atoms with Gasteiger partial charge in [0.2, 0.25) is 0 Å². The van der Waals surface area contributed by atoms with Gasteiger partial charge in [0.05, 0.1) is 0 Å². The molecule has 0 heterocycles. The fourth-order valence-electron chi connectivity index (χ4n) is 4.82. The van der Waals surface area contributed by atoms with Crippen molar-refractivity contribution in [1.29, 1.82) is 0 Å². The van der Waals surface area contributed by atoms with E-state index in [4.69, 9.17) is 0 Å². The Balaban J connectivity index is 0.000000234. The molecule has 29 heavy (non-hydrogen) atoms. The van der Waals surface area contributed by atoms with E-state index in [1.807, 2.05) is 0 Å². The van der Waals surface area contributed by atoms with Crippen LogP contribution in [0.2, 0.25) is 0 Å². The Kier molecular flexibility index (Phi) is 7.93. The van der Waals surface area contributed by atoms with Crippen LogP contribution in [0.5, 0.6) is 0 Å². The van der Waals surface area contributed by atoms with Crippen molar-refractivity contribution in [3.05, 3.63) is 68.8 Å². The van der Waals surface area contributed by atoms with Crippen LogP contribution in [0.15, 0.2) is 24.3 Å². The summed E-state index contributed by atoms with van der Waals surface area (Å²) in [6.45, 7) is 18.0. The van der Waals surface area contributed by atoms with E-state index in [1.54, 1.807) is 16.7 Å². The molecule has 0 bridgehead atoms. The number of hydrogen-bond donors (Lipinski definition) is 0. The maximum Gasteiger partial charge on any atom is 0 e. The Labute approximate surface area is 197 Å². The summed E-state index contributed by atoms with van der Waals surface area (Å²) in [5.74, 6) is 0. The SMILES string of the molecule is CCCC[c-]1ccc2cc3c(cc21)CC(C)(C)C3.Cc1c(C)c(C)[c-](C)c1C.[Hf]. The fraction of sp³-hybridized carbons (Fsp3) is 0.500. The smallest absolute Gasteiger partial charge is 0 e. The van der Waals surface area contributed by atoms with Crippen LogP contribution in [-0.2, 0) is 45.1 Å². The molecule has 156 valence electrons. The van der Waals surface area contributed by atoms with E-state index >= 15 is 0 Å². The van der Waals surface area contributed by atoms with Gasteiger partial charge in [0, 0.05) is 25.8 Å². The van der Waals surface area contributed by atoms with Crippen molar-refractivity contribution in [2.75, 3.05) is 0 Å². The molecule has 0 nitrogen and oxygen atoms in total. The second-order valence-electron chi connectivity index (χ2n) is 9.81. The van der Waals surface area contributed by atoms with Gasteiger partial charge < -0.3 is 0 Å². The van der Waals surface area contributed by atoms with E-state index in [-0.39, 0.29) is 25.8 Å². The molecule has 3 aromatic carbocycles. The molecule has 0 aliphatic heterocycles. The number of unbranched alkanes of at least 4 members (excludes halogenated alkanes) is 1. The van der Waals surface area contributed by atoms with E-state index in [2.05, 4.69) is 79.7 Å². The Morgan fingerprint density at radius 2 is 1.48 bits per heavy atom. The number of hydrogen-bond acceptors (Lipinski definition) is 0. The zero-order valence-corrected chi connectivity index (χ0v) is 23.4. The van der Waals surface area contributed by atoms with E-state index in [9.17, 15) is 0 Å². The maximum atomic E-state index is 2.48. The van der Waals surface area contributed by atoms with Gasteiger partial charge in [-0.1, -0.05) is 85.8 Å². The molecule has 0 aromatic heterocycles. The first kappa shape index (κ1) is 24.3. The first-order valence-electron chi connectivity index (χ1n) is 11.0. The summed E-state index contributed by atoms with van der Waals surface area (Å²) in [6.07, 6.45) is 6.32. The van der Waals surface area contributed by atoms with Gasteiger partial charge in [0.25, 0.3) is 0 Å². The van der Waals surface area contributed by atoms with E-state index in [0.717, 1.165) is 0 Å². The zero-order chi connectivity index (χ0) is 20.6. The summed E-state index contributed by atoms with van der Waals surface area (Å²) in [5, 5.41) is 2.97. The van der Waals surface area contributed by atoms with Crippen LogP contribution in [0, 0.1) is 40.0 Å². The fourth-order valence-corrected chi connectivity index (χ4v) is 4.82. The molecule has 0 saturated carbocycles. The summed E-state index contributed by atoms with van der Waals surface area (Å²) >= 11 is 0. The van der Waals surface area contributed by atoms with Crippen molar-refractivity contribution in [3.63, 3.8) is 0 Å². The first-order valence-corrected chi connectivity index (χ1v) is 11.0. The minimum Gasteiger partial charge on any atom is -0.196 e. The normalized spacial score (nSPS) is 14.3. The van der Waals surface area contributed by atoms with Crippen LogP contribution >= 0.6 is 0 Å². The summed E-state index contributed by atoms with van der Waals surface area (Å²) in [6, 6.07) is 9.56. The van der Waals surface area contributed by atoms with Crippen molar-refractivity contribution in [1.82, 2.24) is 0 Å². The number of aryl methyl sites for hydroxylation is 1. The van der Waals surface area contributed by atoms with Gasteiger partial charge in [-0.2, -0.15) is 33.9 Å². The summed E-state index contributed by atoms with van der Waals surface area (Å²) in [4.78, 5) is 0. The van der Waals surface area contributed by atoms with Gasteiger partial charge in [0.15, 0.2) is 0 Å². The van der Waals surface area contributed by atoms with Crippen LogP contribution in [-0.4, -0.2) is 0 Å². The maximum absolute atomic E-state index is 2.48. The molecular weight excluding hydrogens is 515 g/mol. The molecule has 3 aromatic rings. The Morgan fingerprint density at radius 1 is 0.931 bits per heavy atom. The molecule has 1 heteroatoms. The largest absolute Gasteiger partial charge is 0.196 e. The molecule has 0 spiro atoms. The average molecular weight is 553 g/mol. The summed E-state index contributed by atoms with van der Waals surface area (Å²) in [7, 11) is 0. The average Bonchev–Trinajstić information content (AvgIpc) is 3.23.